The molecule has 1 saturated heterocycles. The van der Waals surface area contributed by atoms with E-state index in [-0.39, 0.29) is 35.3 Å². The van der Waals surface area contributed by atoms with Gasteiger partial charge in [0.05, 0.1) is 6.54 Å². The van der Waals surface area contributed by atoms with Crippen LogP contribution in [0.2, 0.25) is 0 Å². The molecular weight excluding hydrogens is 465 g/mol. The lowest BCUT2D eigenvalue weighted by Crippen LogP contribution is -2.44. The van der Waals surface area contributed by atoms with Crippen molar-refractivity contribution in [2.75, 3.05) is 45.2 Å². The number of nitrogens with one attached hydrogen (secondary N) is 2. The van der Waals surface area contributed by atoms with Gasteiger partial charge in [-0.15, -0.1) is 24.0 Å². The summed E-state index contributed by atoms with van der Waals surface area (Å²) in [5.74, 6) is 1.06. The van der Waals surface area contributed by atoms with E-state index in [2.05, 4.69) is 62.5 Å². The summed E-state index contributed by atoms with van der Waals surface area (Å²) in [5.41, 5.74) is 2.28. The summed E-state index contributed by atoms with van der Waals surface area (Å²) in [6, 6.07) is 8.16. The fourth-order valence-corrected chi connectivity index (χ4v) is 3.45. The van der Waals surface area contributed by atoms with Crippen LogP contribution in [0.3, 0.4) is 0 Å². The topological polar surface area (TPSA) is 60.0 Å². The summed E-state index contributed by atoms with van der Waals surface area (Å²) < 4.78 is 0. The summed E-state index contributed by atoms with van der Waals surface area (Å²) in [6.45, 7) is 10.7. The predicted octanol–water partition coefficient (Wildman–Crippen LogP) is 3.07. The van der Waals surface area contributed by atoms with E-state index in [9.17, 15) is 4.79 Å². The highest BCUT2D eigenvalue weighted by molar-refractivity contribution is 14.0. The first-order chi connectivity index (χ1) is 12.8. The SMILES string of the molecule is CCNC(=NCc1ccc(N2CCCC2=O)cc1)NCC(C)(C)CN(C)C.I. The Labute approximate surface area is 187 Å². The second-order valence-corrected chi connectivity index (χ2v) is 8.27. The highest BCUT2D eigenvalue weighted by atomic mass is 127. The van der Waals surface area contributed by atoms with Crippen LogP contribution >= 0.6 is 24.0 Å². The minimum absolute atomic E-state index is 0. The minimum atomic E-state index is 0. The van der Waals surface area contributed by atoms with Crippen LogP contribution < -0.4 is 15.5 Å². The molecule has 1 heterocycles. The molecule has 2 rings (SSSR count). The Kier molecular flexibility index (Phi) is 10.2. The van der Waals surface area contributed by atoms with Crippen LogP contribution in [-0.2, 0) is 11.3 Å². The van der Waals surface area contributed by atoms with Crippen LogP contribution in [0.15, 0.2) is 29.3 Å². The van der Waals surface area contributed by atoms with Crippen molar-refractivity contribution in [2.24, 2.45) is 10.4 Å². The average molecular weight is 501 g/mol. The van der Waals surface area contributed by atoms with Crippen LogP contribution in [0.25, 0.3) is 0 Å². The number of carbonyl (C=O) groups is 1. The third kappa shape index (κ3) is 7.95. The number of hydrogen-bond acceptors (Lipinski definition) is 3. The highest BCUT2D eigenvalue weighted by Crippen LogP contribution is 2.21. The molecule has 1 fully saturated rings. The van der Waals surface area contributed by atoms with Crippen molar-refractivity contribution < 1.29 is 4.79 Å². The van der Waals surface area contributed by atoms with Gasteiger partial charge in [0.2, 0.25) is 5.91 Å². The lowest BCUT2D eigenvalue weighted by atomic mass is 9.93. The van der Waals surface area contributed by atoms with Crippen LogP contribution in [0.1, 0.15) is 39.2 Å². The van der Waals surface area contributed by atoms with Crippen molar-refractivity contribution >= 4 is 41.5 Å². The van der Waals surface area contributed by atoms with E-state index in [0.717, 1.165) is 49.8 Å². The summed E-state index contributed by atoms with van der Waals surface area (Å²) >= 11 is 0. The average Bonchev–Trinajstić information content (AvgIpc) is 3.03. The van der Waals surface area contributed by atoms with E-state index in [1.54, 1.807) is 0 Å². The maximum atomic E-state index is 11.9. The lowest BCUT2D eigenvalue weighted by Gasteiger charge is -2.29. The molecule has 28 heavy (non-hydrogen) atoms. The number of halogens is 1. The molecule has 1 amide bonds. The van der Waals surface area contributed by atoms with Crippen LogP contribution in [0.5, 0.6) is 0 Å². The van der Waals surface area contributed by atoms with Crippen molar-refractivity contribution in [2.45, 2.75) is 40.2 Å². The van der Waals surface area contributed by atoms with E-state index in [4.69, 9.17) is 4.99 Å². The Bertz CT molecular complexity index is 643. The molecule has 0 spiro atoms. The Hall–Kier alpha value is -1.35. The summed E-state index contributed by atoms with van der Waals surface area (Å²) in [7, 11) is 4.20. The van der Waals surface area contributed by atoms with Crippen molar-refractivity contribution in [1.29, 1.82) is 0 Å². The molecule has 7 heteroatoms. The molecule has 0 atom stereocenters. The van der Waals surface area contributed by atoms with E-state index in [1.165, 1.54) is 0 Å². The number of hydrogen-bond donors (Lipinski definition) is 2. The molecule has 1 aliphatic rings. The van der Waals surface area contributed by atoms with Gasteiger partial charge in [-0.2, -0.15) is 0 Å². The molecule has 0 radical (unpaired) electrons. The molecule has 0 saturated carbocycles. The molecule has 1 aromatic rings. The van der Waals surface area contributed by atoms with Crippen molar-refractivity contribution in [3.63, 3.8) is 0 Å². The summed E-state index contributed by atoms with van der Waals surface area (Å²) in [6.07, 6.45) is 1.61. The Morgan fingerprint density at radius 2 is 1.89 bits per heavy atom. The van der Waals surface area contributed by atoms with E-state index in [1.807, 2.05) is 17.0 Å². The predicted molar refractivity (Wildman–Crippen MR) is 129 cm³/mol. The van der Waals surface area contributed by atoms with E-state index < -0.39 is 0 Å². The molecule has 0 aromatic heterocycles. The normalized spacial score (nSPS) is 15.0. The summed E-state index contributed by atoms with van der Waals surface area (Å²) in [5, 5.41) is 6.77. The van der Waals surface area contributed by atoms with E-state index >= 15 is 0 Å². The second kappa shape index (κ2) is 11.6. The number of amides is 1. The van der Waals surface area contributed by atoms with Gasteiger partial charge in [0.15, 0.2) is 5.96 Å². The van der Waals surface area contributed by atoms with Crippen molar-refractivity contribution in [3.05, 3.63) is 29.8 Å². The molecule has 0 aliphatic carbocycles. The van der Waals surface area contributed by atoms with Crippen LogP contribution in [0.4, 0.5) is 5.69 Å². The maximum Gasteiger partial charge on any atom is 0.227 e. The van der Waals surface area contributed by atoms with Gasteiger partial charge in [-0.25, -0.2) is 4.99 Å². The smallest absolute Gasteiger partial charge is 0.227 e. The molecule has 1 aromatic carbocycles. The number of anilines is 1. The Morgan fingerprint density at radius 3 is 2.43 bits per heavy atom. The van der Waals surface area contributed by atoms with Crippen molar-refractivity contribution in [3.8, 4) is 0 Å². The zero-order valence-electron chi connectivity index (χ0n) is 17.9. The van der Waals surface area contributed by atoms with Gasteiger partial charge in [0, 0.05) is 38.3 Å². The number of guanidine groups is 1. The molecular formula is C21H36IN5O. The Balaban J connectivity index is 0.00000392. The first-order valence-electron chi connectivity index (χ1n) is 9.87. The minimum Gasteiger partial charge on any atom is -0.357 e. The fraction of sp³-hybridized carbons (Fsp3) is 0.619. The van der Waals surface area contributed by atoms with Gasteiger partial charge in [-0.3, -0.25) is 4.79 Å². The zero-order valence-corrected chi connectivity index (χ0v) is 20.2. The highest BCUT2D eigenvalue weighted by Gasteiger charge is 2.21. The largest absolute Gasteiger partial charge is 0.357 e. The number of nitrogens with zero attached hydrogens (tertiary/aromatic N) is 3. The Morgan fingerprint density at radius 1 is 1.21 bits per heavy atom. The molecule has 0 unspecified atom stereocenters. The quantitative estimate of drug-likeness (QED) is 0.327. The van der Waals surface area contributed by atoms with Crippen molar-refractivity contribution in [1.82, 2.24) is 15.5 Å². The number of aliphatic imine (C=N–C) groups is 1. The van der Waals surface area contributed by atoms with Gasteiger partial charge >= 0.3 is 0 Å². The van der Waals surface area contributed by atoms with Crippen LogP contribution in [0, 0.1) is 5.41 Å². The number of rotatable bonds is 8. The van der Waals surface area contributed by atoms with Gasteiger partial charge in [0.1, 0.15) is 0 Å². The molecule has 2 N–H and O–H groups in total. The zero-order chi connectivity index (χ0) is 19.9. The monoisotopic (exact) mass is 501 g/mol. The molecule has 0 bridgehead atoms. The number of benzene rings is 1. The third-order valence-electron chi connectivity index (χ3n) is 4.56. The molecule has 1 aliphatic heterocycles. The van der Waals surface area contributed by atoms with Gasteiger partial charge in [-0.05, 0) is 50.6 Å². The first kappa shape index (κ1) is 24.7. The fourth-order valence-electron chi connectivity index (χ4n) is 3.45. The van der Waals surface area contributed by atoms with E-state index in [0.29, 0.717) is 13.0 Å². The van der Waals surface area contributed by atoms with Gasteiger partial charge < -0.3 is 20.4 Å². The standard InChI is InChI=1S/C21H35N5O.HI/c1-6-22-20(24-15-21(2,3)16-25(4)5)23-14-17-9-11-18(12-10-17)26-13-7-8-19(26)27;/h9-12H,6-8,13-16H2,1-5H3,(H2,22,23,24);1H. The molecule has 6 nitrogen and oxygen atoms in total. The third-order valence-corrected chi connectivity index (χ3v) is 4.56. The van der Waals surface area contributed by atoms with Crippen LogP contribution in [-0.4, -0.2) is 57.0 Å². The molecule has 158 valence electrons. The first-order valence-corrected chi connectivity index (χ1v) is 9.87. The summed E-state index contributed by atoms with van der Waals surface area (Å²) in [4.78, 5) is 20.6. The second-order valence-electron chi connectivity index (χ2n) is 8.27. The van der Waals surface area contributed by atoms with Gasteiger partial charge in [0.25, 0.3) is 0 Å². The van der Waals surface area contributed by atoms with Gasteiger partial charge in [-0.1, -0.05) is 26.0 Å². The maximum absolute atomic E-state index is 11.9. The lowest BCUT2D eigenvalue weighted by molar-refractivity contribution is -0.117. The number of carbonyl (C=O) groups excluding carboxylic acids is 1.